The predicted octanol–water partition coefficient (Wildman–Crippen LogP) is 3.20. The van der Waals surface area contributed by atoms with E-state index in [-0.39, 0.29) is 30.1 Å². The number of benzene rings is 1. The molecule has 1 unspecified atom stereocenters. The molecule has 0 heterocycles. The van der Waals surface area contributed by atoms with Gasteiger partial charge in [-0.15, -0.1) is 0 Å². The van der Waals surface area contributed by atoms with Gasteiger partial charge in [0.15, 0.2) is 5.75 Å². The van der Waals surface area contributed by atoms with Crippen LogP contribution in [0, 0.1) is 16.0 Å². The van der Waals surface area contributed by atoms with Crippen LogP contribution in [0.5, 0.6) is 5.75 Å². The molecular formula is C15H24N2O4. The zero-order valence-electron chi connectivity index (χ0n) is 12.8. The minimum Gasteiger partial charge on any atom is -0.484 e. The molecule has 118 valence electrons. The average Bonchev–Trinajstić information content (AvgIpc) is 2.42. The standard InChI is InChI=1S/C15H24N2O4/c1-11(2)21-14-8-4-7-13(15(14)17(19)20)16-9-5-6-12(3)10-18/h4,7-8,11-12,16,18H,5-6,9-10H2,1-3H3. The zero-order valence-corrected chi connectivity index (χ0v) is 12.8. The van der Waals surface area contributed by atoms with Crippen molar-refractivity contribution in [2.45, 2.75) is 39.7 Å². The molecule has 21 heavy (non-hydrogen) atoms. The molecule has 0 amide bonds. The number of aliphatic hydroxyl groups excluding tert-OH is 1. The second-order valence-corrected chi connectivity index (χ2v) is 5.43. The van der Waals surface area contributed by atoms with Gasteiger partial charge in [-0.3, -0.25) is 10.1 Å². The Kier molecular flexibility index (Phi) is 6.94. The summed E-state index contributed by atoms with van der Waals surface area (Å²) in [6.07, 6.45) is 1.59. The van der Waals surface area contributed by atoms with E-state index in [1.807, 2.05) is 20.8 Å². The Labute approximate surface area is 125 Å². The fourth-order valence-corrected chi connectivity index (χ4v) is 1.97. The number of nitrogens with zero attached hydrogens (tertiary/aromatic N) is 1. The highest BCUT2D eigenvalue weighted by atomic mass is 16.6. The summed E-state index contributed by atoms with van der Waals surface area (Å²) in [5.41, 5.74) is 0.441. The van der Waals surface area contributed by atoms with Gasteiger partial charge in [-0.25, -0.2) is 0 Å². The molecule has 6 nitrogen and oxygen atoms in total. The summed E-state index contributed by atoms with van der Waals surface area (Å²) in [6, 6.07) is 5.03. The van der Waals surface area contributed by atoms with Crippen molar-refractivity contribution in [2.75, 3.05) is 18.5 Å². The van der Waals surface area contributed by atoms with E-state index in [9.17, 15) is 10.1 Å². The van der Waals surface area contributed by atoms with Gasteiger partial charge < -0.3 is 15.2 Å². The molecule has 0 aliphatic rings. The van der Waals surface area contributed by atoms with Gasteiger partial charge in [0.05, 0.1) is 11.0 Å². The lowest BCUT2D eigenvalue weighted by atomic mass is 10.1. The summed E-state index contributed by atoms with van der Waals surface area (Å²) in [5, 5.41) is 23.3. The van der Waals surface area contributed by atoms with E-state index in [4.69, 9.17) is 9.84 Å². The predicted molar refractivity (Wildman–Crippen MR) is 82.8 cm³/mol. The van der Waals surface area contributed by atoms with Gasteiger partial charge in [0.25, 0.3) is 0 Å². The highest BCUT2D eigenvalue weighted by Gasteiger charge is 2.21. The van der Waals surface area contributed by atoms with Gasteiger partial charge in [0.2, 0.25) is 0 Å². The maximum absolute atomic E-state index is 11.3. The van der Waals surface area contributed by atoms with Crippen molar-refractivity contribution < 1.29 is 14.8 Å². The summed E-state index contributed by atoms with van der Waals surface area (Å²) < 4.78 is 5.49. The molecule has 0 aliphatic heterocycles. The highest BCUT2D eigenvalue weighted by molar-refractivity contribution is 5.68. The van der Waals surface area contributed by atoms with E-state index in [0.717, 1.165) is 12.8 Å². The van der Waals surface area contributed by atoms with E-state index in [0.29, 0.717) is 12.2 Å². The molecule has 1 rings (SSSR count). The SMILES string of the molecule is CC(CO)CCCNc1cccc(OC(C)C)c1[N+](=O)[O-]. The quantitative estimate of drug-likeness (QED) is 0.415. The number of nitrogens with one attached hydrogen (secondary N) is 1. The van der Waals surface area contributed by atoms with Crippen LogP contribution in [0.1, 0.15) is 33.6 Å². The van der Waals surface area contributed by atoms with Crippen molar-refractivity contribution in [1.29, 1.82) is 0 Å². The number of hydrogen-bond donors (Lipinski definition) is 2. The molecule has 2 N–H and O–H groups in total. The first-order valence-corrected chi connectivity index (χ1v) is 7.24. The third-order valence-electron chi connectivity index (χ3n) is 3.05. The summed E-state index contributed by atoms with van der Waals surface area (Å²) in [5.74, 6) is 0.529. The smallest absolute Gasteiger partial charge is 0.333 e. The Bertz CT molecular complexity index is 463. The molecule has 0 aromatic heterocycles. The molecular weight excluding hydrogens is 272 g/mol. The van der Waals surface area contributed by atoms with Gasteiger partial charge in [-0.1, -0.05) is 13.0 Å². The van der Waals surface area contributed by atoms with Gasteiger partial charge in [-0.05, 0) is 44.7 Å². The number of para-hydroxylation sites is 1. The zero-order chi connectivity index (χ0) is 15.8. The van der Waals surface area contributed by atoms with Crippen LogP contribution in [0.25, 0.3) is 0 Å². The van der Waals surface area contributed by atoms with Crippen molar-refractivity contribution in [3.05, 3.63) is 28.3 Å². The second-order valence-electron chi connectivity index (χ2n) is 5.43. The van der Waals surface area contributed by atoms with Crippen LogP contribution in [0.3, 0.4) is 0 Å². The summed E-state index contributed by atoms with van der Waals surface area (Å²) in [7, 11) is 0. The van der Waals surface area contributed by atoms with E-state index in [2.05, 4.69) is 5.32 Å². The Balaban J connectivity index is 2.74. The molecule has 1 aromatic rings. The highest BCUT2D eigenvalue weighted by Crippen LogP contribution is 2.35. The number of ether oxygens (including phenoxy) is 1. The van der Waals surface area contributed by atoms with E-state index < -0.39 is 4.92 Å². The summed E-state index contributed by atoms with van der Waals surface area (Å²) in [6.45, 7) is 6.42. The van der Waals surface area contributed by atoms with Gasteiger partial charge in [-0.2, -0.15) is 0 Å². The molecule has 1 atom stereocenters. The lowest BCUT2D eigenvalue weighted by Crippen LogP contribution is -2.10. The van der Waals surface area contributed by atoms with Crippen LogP contribution in [-0.4, -0.2) is 29.3 Å². The molecule has 0 aliphatic carbocycles. The van der Waals surface area contributed by atoms with E-state index in [1.165, 1.54) is 0 Å². The normalized spacial score (nSPS) is 12.2. The maximum Gasteiger partial charge on any atom is 0.333 e. The summed E-state index contributed by atoms with van der Waals surface area (Å²) in [4.78, 5) is 10.8. The number of hydrogen-bond acceptors (Lipinski definition) is 5. The number of nitro benzene ring substituents is 1. The molecule has 1 aromatic carbocycles. The topological polar surface area (TPSA) is 84.6 Å². The van der Waals surface area contributed by atoms with E-state index in [1.54, 1.807) is 18.2 Å². The monoisotopic (exact) mass is 296 g/mol. The van der Waals surface area contributed by atoms with Crippen LogP contribution in [0.2, 0.25) is 0 Å². The first-order chi connectivity index (χ1) is 9.95. The van der Waals surface area contributed by atoms with Crippen molar-refractivity contribution >= 4 is 11.4 Å². The number of anilines is 1. The van der Waals surface area contributed by atoms with E-state index >= 15 is 0 Å². The van der Waals surface area contributed by atoms with Crippen LogP contribution in [0.15, 0.2) is 18.2 Å². The fraction of sp³-hybridized carbons (Fsp3) is 0.600. The van der Waals surface area contributed by atoms with Crippen molar-refractivity contribution in [3.63, 3.8) is 0 Å². The van der Waals surface area contributed by atoms with Crippen LogP contribution >= 0.6 is 0 Å². The molecule has 0 bridgehead atoms. The van der Waals surface area contributed by atoms with Crippen LogP contribution in [-0.2, 0) is 0 Å². The molecule has 0 radical (unpaired) electrons. The number of aliphatic hydroxyl groups is 1. The maximum atomic E-state index is 11.3. The molecule has 6 heteroatoms. The second kappa shape index (κ2) is 8.46. The molecule has 0 fully saturated rings. The first-order valence-electron chi connectivity index (χ1n) is 7.24. The van der Waals surface area contributed by atoms with Gasteiger partial charge in [0.1, 0.15) is 5.69 Å². The number of rotatable bonds is 9. The molecule has 0 spiro atoms. The Hall–Kier alpha value is -1.82. The molecule has 0 saturated carbocycles. The Morgan fingerprint density at radius 3 is 2.67 bits per heavy atom. The van der Waals surface area contributed by atoms with Crippen molar-refractivity contribution in [2.24, 2.45) is 5.92 Å². The number of nitro groups is 1. The Morgan fingerprint density at radius 2 is 2.10 bits per heavy atom. The summed E-state index contributed by atoms with van der Waals surface area (Å²) >= 11 is 0. The average molecular weight is 296 g/mol. The Morgan fingerprint density at radius 1 is 1.38 bits per heavy atom. The third kappa shape index (κ3) is 5.59. The van der Waals surface area contributed by atoms with Crippen LogP contribution in [0.4, 0.5) is 11.4 Å². The fourth-order valence-electron chi connectivity index (χ4n) is 1.97. The third-order valence-corrected chi connectivity index (χ3v) is 3.05. The first kappa shape index (κ1) is 17.2. The lowest BCUT2D eigenvalue weighted by molar-refractivity contribution is -0.385. The minimum atomic E-state index is -0.420. The minimum absolute atomic E-state index is 0.0265. The lowest BCUT2D eigenvalue weighted by Gasteiger charge is -2.13. The van der Waals surface area contributed by atoms with Crippen molar-refractivity contribution in [1.82, 2.24) is 0 Å². The van der Waals surface area contributed by atoms with Gasteiger partial charge >= 0.3 is 5.69 Å². The van der Waals surface area contributed by atoms with Crippen LogP contribution < -0.4 is 10.1 Å². The van der Waals surface area contributed by atoms with Gasteiger partial charge in [0, 0.05) is 13.2 Å². The van der Waals surface area contributed by atoms with Crippen molar-refractivity contribution in [3.8, 4) is 5.75 Å². The largest absolute Gasteiger partial charge is 0.484 e. The molecule has 0 saturated heterocycles.